The summed E-state index contributed by atoms with van der Waals surface area (Å²) in [6.45, 7) is 5.14. The summed E-state index contributed by atoms with van der Waals surface area (Å²) in [5, 5.41) is 19.0. The van der Waals surface area contributed by atoms with Crippen LogP contribution in [0.3, 0.4) is 0 Å². The van der Waals surface area contributed by atoms with Crippen LogP contribution >= 0.6 is 11.6 Å². The number of amides is 2. The first-order valence-corrected chi connectivity index (χ1v) is 14.1. The van der Waals surface area contributed by atoms with E-state index in [1.165, 1.54) is 0 Å². The van der Waals surface area contributed by atoms with Crippen LogP contribution in [-0.4, -0.2) is 67.3 Å². The van der Waals surface area contributed by atoms with Crippen molar-refractivity contribution in [1.29, 1.82) is 0 Å². The highest BCUT2D eigenvalue weighted by atomic mass is 35.5. The molecule has 2 aliphatic heterocycles. The Morgan fingerprint density at radius 1 is 1.21 bits per heavy atom. The number of fused-ring (bicyclic) bond motifs is 1. The summed E-state index contributed by atoms with van der Waals surface area (Å²) in [5.41, 5.74) is 2.15. The lowest BCUT2D eigenvalue weighted by molar-refractivity contribution is -0.162. The molecule has 0 spiro atoms. The smallest absolute Gasteiger partial charge is 0.310 e. The van der Waals surface area contributed by atoms with Gasteiger partial charge in [-0.1, -0.05) is 29.7 Å². The Balaban J connectivity index is 1.53. The maximum absolute atomic E-state index is 14.2. The predicted octanol–water partition coefficient (Wildman–Crippen LogP) is 3.69. The number of aryl methyl sites for hydroxylation is 1. The van der Waals surface area contributed by atoms with E-state index in [1.54, 1.807) is 27.5 Å². The van der Waals surface area contributed by atoms with Gasteiger partial charge in [0.1, 0.15) is 18.1 Å². The van der Waals surface area contributed by atoms with Crippen LogP contribution < -0.4 is 4.74 Å². The van der Waals surface area contributed by atoms with Crippen LogP contribution in [0, 0.1) is 18.3 Å². The minimum absolute atomic E-state index is 0.0576. The van der Waals surface area contributed by atoms with Crippen LogP contribution in [0.5, 0.6) is 5.75 Å². The number of aromatic nitrogens is 3. The Morgan fingerprint density at radius 2 is 2.00 bits per heavy atom. The van der Waals surface area contributed by atoms with Gasteiger partial charge in [-0.2, -0.15) is 0 Å². The highest BCUT2D eigenvalue weighted by Gasteiger charge is 2.50. The first kappa shape index (κ1) is 27.4. The van der Waals surface area contributed by atoms with E-state index < -0.39 is 23.3 Å². The average molecular weight is 558 g/mol. The molecule has 2 fully saturated rings. The third kappa shape index (κ3) is 4.99. The number of rotatable bonds is 7. The van der Waals surface area contributed by atoms with Gasteiger partial charge in [0.15, 0.2) is 0 Å². The van der Waals surface area contributed by atoms with Crippen LogP contribution in [0.15, 0.2) is 12.1 Å². The van der Waals surface area contributed by atoms with Gasteiger partial charge in [0.05, 0.1) is 23.1 Å². The van der Waals surface area contributed by atoms with Crippen LogP contribution in [0.4, 0.5) is 0 Å². The van der Waals surface area contributed by atoms with Crippen molar-refractivity contribution >= 4 is 29.4 Å². The summed E-state index contributed by atoms with van der Waals surface area (Å²) in [6, 6.07) is 3.11. The SMILES string of the molecule is Cc1c(COc2ccc(Cl)c3c2[C@@H](CN2CCCC2=O)N(C(=O)C2CCCCC2(C)C(=O)O)CC3)nnn1C. The summed E-state index contributed by atoms with van der Waals surface area (Å²) >= 11 is 6.69. The van der Waals surface area contributed by atoms with Gasteiger partial charge in [-0.3, -0.25) is 19.1 Å². The molecule has 1 saturated heterocycles. The molecule has 1 N–H and O–H groups in total. The van der Waals surface area contributed by atoms with Crippen molar-refractivity contribution < 1.29 is 24.2 Å². The molecule has 11 heteroatoms. The van der Waals surface area contributed by atoms with Crippen molar-refractivity contribution in [2.45, 2.75) is 71.4 Å². The Bertz CT molecular complexity index is 1300. The fraction of sp³-hybridized carbons (Fsp3) is 0.607. The van der Waals surface area contributed by atoms with Crippen LogP contribution in [0.2, 0.25) is 5.02 Å². The fourth-order valence-electron chi connectivity index (χ4n) is 6.38. The zero-order valence-electron chi connectivity index (χ0n) is 22.8. The molecule has 1 saturated carbocycles. The van der Waals surface area contributed by atoms with Gasteiger partial charge >= 0.3 is 5.97 Å². The monoisotopic (exact) mass is 557 g/mol. The summed E-state index contributed by atoms with van der Waals surface area (Å²) in [4.78, 5) is 42.9. The molecular formula is C28H36ClN5O5. The predicted molar refractivity (Wildman–Crippen MR) is 143 cm³/mol. The summed E-state index contributed by atoms with van der Waals surface area (Å²) in [6.07, 6.45) is 4.38. The number of likely N-dealkylation sites (tertiary alicyclic amines) is 1. The first-order valence-electron chi connectivity index (χ1n) is 13.7. The van der Waals surface area contributed by atoms with E-state index in [-0.39, 0.29) is 18.4 Å². The third-order valence-corrected chi connectivity index (χ3v) is 9.34. The molecule has 1 aromatic carbocycles. The highest BCUT2D eigenvalue weighted by molar-refractivity contribution is 6.31. The average Bonchev–Trinajstić information content (AvgIpc) is 3.47. The topological polar surface area (TPSA) is 118 Å². The second-order valence-corrected chi connectivity index (χ2v) is 11.6. The molecule has 3 atom stereocenters. The molecule has 2 unspecified atom stereocenters. The summed E-state index contributed by atoms with van der Waals surface area (Å²) < 4.78 is 7.99. The van der Waals surface area contributed by atoms with Crippen LogP contribution in [0.1, 0.15) is 74.0 Å². The van der Waals surface area contributed by atoms with E-state index in [0.717, 1.165) is 36.1 Å². The van der Waals surface area contributed by atoms with E-state index in [0.29, 0.717) is 61.8 Å². The first-order chi connectivity index (χ1) is 18.6. The number of carbonyl (C=O) groups is 3. The van der Waals surface area contributed by atoms with Gasteiger partial charge in [0, 0.05) is 43.7 Å². The van der Waals surface area contributed by atoms with Crippen molar-refractivity contribution in [2.24, 2.45) is 18.4 Å². The van der Waals surface area contributed by atoms with E-state index in [2.05, 4.69) is 10.3 Å². The van der Waals surface area contributed by atoms with Gasteiger partial charge in [0.2, 0.25) is 11.8 Å². The molecule has 3 aliphatic rings. The molecule has 2 aromatic rings. The normalized spacial score (nSPS) is 25.1. The number of benzene rings is 1. The molecule has 5 rings (SSSR count). The van der Waals surface area contributed by atoms with Crippen LogP contribution in [0.25, 0.3) is 0 Å². The fourth-order valence-corrected chi connectivity index (χ4v) is 6.64. The Labute approximate surface area is 233 Å². The Kier molecular flexibility index (Phi) is 7.59. The molecule has 39 heavy (non-hydrogen) atoms. The van der Waals surface area contributed by atoms with Gasteiger partial charge in [0.25, 0.3) is 0 Å². The van der Waals surface area contributed by atoms with Crippen LogP contribution in [-0.2, 0) is 34.5 Å². The maximum atomic E-state index is 14.2. The molecule has 0 bridgehead atoms. The molecule has 1 aliphatic carbocycles. The van der Waals surface area contributed by atoms with E-state index >= 15 is 0 Å². The van der Waals surface area contributed by atoms with Gasteiger partial charge in [-0.05, 0) is 57.2 Å². The summed E-state index contributed by atoms with van der Waals surface area (Å²) in [7, 11) is 1.82. The van der Waals surface area contributed by atoms with Gasteiger partial charge in [-0.25, -0.2) is 0 Å². The minimum atomic E-state index is -1.12. The zero-order chi connectivity index (χ0) is 27.9. The molecular weight excluding hydrogens is 522 g/mol. The summed E-state index contributed by atoms with van der Waals surface area (Å²) in [5.74, 6) is -1.10. The number of ether oxygens (including phenoxy) is 1. The number of hydrogen-bond acceptors (Lipinski definition) is 6. The molecule has 1 aromatic heterocycles. The molecule has 0 radical (unpaired) electrons. The molecule has 2 amide bonds. The van der Waals surface area contributed by atoms with Crippen molar-refractivity contribution in [1.82, 2.24) is 24.8 Å². The number of aliphatic carboxylic acids is 1. The van der Waals surface area contributed by atoms with Gasteiger partial charge in [-0.15, -0.1) is 5.10 Å². The maximum Gasteiger partial charge on any atom is 0.310 e. The number of carbonyl (C=O) groups excluding carboxylic acids is 2. The van der Waals surface area contributed by atoms with Gasteiger partial charge < -0.3 is 19.6 Å². The number of halogens is 1. The number of nitrogens with zero attached hydrogens (tertiary/aromatic N) is 5. The van der Waals surface area contributed by atoms with E-state index in [1.807, 2.05) is 20.0 Å². The standard InChI is InChI=1S/C28H36ClN5O5/c1-17-21(30-31-32(17)3)16-39-23-10-9-20(29)18-11-14-34(22(25(18)23)15-33-13-6-8-24(33)35)26(36)19-7-4-5-12-28(19,2)27(37)38/h9-10,19,22H,4-8,11-16H2,1-3H3,(H,37,38)/t19?,22-,28?/m1/s1. The number of hydrogen-bond donors (Lipinski definition) is 1. The number of carboxylic acids is 1. The second kappa shape index (κ2) is 10.8. The lowest BCUT2D eigenvalue weighted by atomic mass is 9.66. The third-order valence-electron chi connectivity index (χ3n) is 8.98. The van der Waals surface area contributed by atoms with E-state index in [9.17, 15) is 19.5 Å². The minimum Gasteiger partial charge on any atom is -0.487 e. The zero-order valence-corrected chi connectivity index (χ0v) is 23.5. The Hall–Kier alpha value is -3.14. The highest BCUT2D eigenvalue weighted by Crippen LogP contribution is 2.46. The number of carboxylic acid groups (broad SMARTS) is 1. The van der Waals surface area contributed by atoms with Crippen molar-refractivity contribution in [3.63, 3.8) is 0 Å². The lowest BCUT2D eigenvalue weighted by Gasteiger charge is -2.45. The van der Waals surface area contributed by atoms with Crippen molar-refractivity contribution in [2.75, 3.05) is 19.6 Å². The quantitative estimate of drug-likeness (QED) is 0.551. The lowest BCUT2D eigenvalue weighted by Crippen LogP contribution is -2.52. The molecule has 10 nitrogen and oxygen atoms in total. The largest absolute Gasteiger partial charge is 0.487 e. The van der Waals surface area contributed by atoms with E-state index in [4.69, 9.17) is 16.3 Å². The van der Waals surface area contributed by atoms with Crippen molar-refractivity contribution in [3.05, 3.63) is 39.7 Å². The molecule has 3 heterocycles. The van der Waals surface area contributed by atoms with Crippen molar-refractivity contribution in [3.8, 4) is 5.75 Å². The second-order valence-electron chi connectivity index (χ2n) is 11.2. The Morgan fingerprint density at radius 3 is 2.67 bits per heavy atom. The molecule has 210 valence electrons.